The molecule has 1 aliphatic rings. The maximum absolute atomic E-state index is 8.84. The van der Waals surface area contributed by atoms with Gasteiger partial charge in [0.05, 0.1) is 6.61 Å². The monoisotopic (exact) mass is 143 g/mol. The molecule has 2 atom stereocenters. The average molecular weight is 143 g/mol. The fourth-order valence-electron chi connectivity index (χ4n) is 1.61. The van der Waals surface area contributed by atoms with Gasteiger partial charge >= 0.3 is 0 Å². The van der Waals surface area contributed by atoms with E-state index in [9.17, 15) is 0 Å². The van der Waals surface area contributed by atoms with E-state index in [0.29, 0.717) is 12.6 Å². The zero-order valence-corrected chi connectivity index (χ0v) is 6.64. The van der Waals surface area contributed by atoms with Crippen LogP contribution in [0.15, 0.2) is 0 Å². The Morgan fingerprint density at radius 1 is 1.60 bits per heavy atom. The average Bonchev–Trinajstić information content (AvgIpc) is 2.05. The summed E-state index contributed by atoms with van der Waals surface area (Å²) in [6, 6.07) is 0.374. The standard InChI is InChI=1S/C8H17NO/c1-2-7-3-4-9-8(5-7)6-10/h7-10H,2-6H2,1H3. The minimum atomic E-state index is 0.302. The van der Waals surface area contributed by atoms with E-state index in [2.05, 4.69) is 12.2 Å². The molecule has 2 heteroatoms. The highest BCUT2D eigenvalue weighted by Crippen LogP contribution is 2.18. The molecule has 2 unspecified atom stereocenters. The van der Waals surface area contributed by atoms with Gasteiger partial charge in [-0.1, -0.05) is 13.3 Å². The predicted molar refractivity (Wildman–Crippen MR) is 41.9 cm³/mol. The number of aliphatic hydroxyl groups is 1. The van der Waals surface area contributed by atoms with Crippen molar-refractivity contribution in [1.29, 1.82) is 0 Å². The Morgan fingerprint density at radius 3 is 3.00 bits per heavy atom. The quantitative estimate of drug-likeness (QED) is 0.598. The van der Waals surface area contributed by atoms with E-state index in [0.717, 1.165) is 18.9 Å². The highest BCUT2D eigenvalue weighted by molar-refractivity contribution is 4.76. The normalized spacial score (nSPS) is 34.2. The number of nitrogens with one attached hydrogen (secondary N) is 1. The summed E-state index contributed by atoms with van der Waals surface area (Å²) in [5.41, 5.74) is 0. The topological polar surface area (TPSA) is 32.3 Å². The molecular weight excluding hydrogens is 126 g/mol. The smallest absolute Gasteiger partial charge is 0.0584 e. The molecule has 0 saturated carbocycles. The Morgan fingerprint density at radius 2 is 2.40 bits per heavy atom. The molecule has 0 spiro atoms. The third-order valence-electron chi connectivity index (χ3n) is 2.40. The second-order valence-corrected chi connectivity index (χ2v) is 3.13. The SMILES string of the molecule is CCC1CCNC(CO)C1. The summed E-state index contributed by atoms with van der Waals surface area (Å²) in [5, 5.41) is 12.1. The molecule has 10 heavy (non-hydrogen) atoms. The van der Waals surface area contributed by atoms with E-state index >= 15 is 0 Å². The van der Waals surface area contributed by atoms with E-state index in [1.807, 2.05) is 0 Å². The molecule has 0 aromatic heterocycles. The summed E-state index contributed by atoms with van der Waals surface area (Å²) >= 11 is 0. The maximum Gasteiger partial charge on any atom is 0.0584 e. The van der Waals surface area contributed by atoms with E-state index in [1.165, 1.54) is 12.8 Å². The molecule has 1 aliphatic heterocycles. The van der Waals surface area contributed by atoms with Crippen LogP contribution in [-0.2, 0) is 0 Å². The molecule has 1 fully saturated rings. The molecule has 1 heterocycles. The van der Waals surface area contributed by atoms with Crippen molar-refractivity contribution in [2.24, 2.45) is 5.92 Å². The molecule has 0 aromatic carbocycles. The fourth-order valence-corrected chi connectivity index (χ4v) is 1.61. The first kappa shape index (κ1) is 8.02. The molecule has 1 saturated heterocycles. The van der Waals surface area contributed by atoms with Crippen LogP contribution in [0.1, 0.15) is 26.2 Å². The Bertz CT molecular complexity index is 85.3. The van der Waals surface area contributed by atoms with E-state index in [4.69, 9.17) is 5.11 Å². The van der Waals surface area contributed by atoms with Crippen molar-refractivity contribution >= 4 is 0 Å². The zero-order valence-electron chi connectivity index (χ0n) is 6.64. The number of rotatable bonds is 2. The van der Waals surface area contributed by atoms with E-state index in [1.54, 1.807) is 0 Å². The van der Waals surface area contributed by atoms with Crippen LogP contribution in [0.5, 0.6) is 0 Å². The molecule has 2 nitrogen and oxygen atoms in total. The highest BCUT2D eigenvalue weighted by Gasteiger charge is 2.18. The second kappa shape index (κ2) is 3.94. The van der Waals surface area contributed by atoms with Crippen molar-refractivity contribution in [3.8, 4) is 0 Å². The van der Waals surface area contributed by atoms with E-state index in [-0.39, 0.29) is 0 Å². The van der Waals surface area contributed by atoms with Gasteiger partial charge in [-0.3, -0.25) is 0 Å². The predicted octanol–water partition coefficient (Wildman–Crippen LogP) is 0.757. The third-order valence-corrected chi connectivity index (χ3v) is 2.40. The van der Waals surface area contributed by atoms with Crippen LogP contribution in [0.25, 0.3) is 0 Å². The largest absolute Gasteiger partial charge is 0.395 e. The van der Waals surface area contributed by atoms with Gasteiger partial charge in [0.15, 0.2) is 0 Å². The number of aliphatic hydroxyl groups excluding tert-OH is 1. The lowest BCUT2D eigenvalue weighted by atomic mass is 9.91. The zero-order chi connectivity index (χ0) is 7.40. The van der Waals surface area contributed by atoms with Crippen LogP contribution in [0, 0.1) is 5.92 Å². The number of hydrogen-bond donors (Lipinski definition) is 2. The maximum atomic E-state index is 8.84. The third kappa shape index (κ3) is 1.96. The van der Waals surface area contributed by atoms with Gasteiger partial charge in [0.1, 0.15) is 0 Å². The molecule has 2 N–H and O–H groups in total. The molecule has 1 rings (SSSR count). The van der Waals surface area contributed by atoms with Crippen molar-refractivity contribution in [1.82, 2.24) is 5.32 Å². The summed E-state index contributed by atoms with van der Waals surface area (Å²) in [6.45, 7) is 3.62. The number of piperidine rings is 1. The lowest BCUT2D eigenvalue weighted by Crippen LogP contribution is -2.40. The van der Waals surface area contributed by atoms with Gasteiger partial charge in [-0.05, 0) is 25.3 Å². The van der Waals surface area contributed by atoms with Gasteiger partial charge in [-0.25, -0.2) is 0 Å². The minimum Gasteiger partial charge on any atom is -0.395 e. The fraction of sp³-hybridized carbons (Fsp3) is 1.00. The summed E-state index contributed by atoms with van der Waals surface area (Å²) in [4.78, 5) is 0. The first-order chi connectivity index (χ1) is 4.86. The first-order valence-corrected chi connectivity index (χ1v) is 4.21. The van der Waals surface area contributed by atoms with Crippen LogP contribution < -0.4 is 5.32 Å². The first-order valence-electron chi connectivity index (χ1n) is 4.21. The summed E-state index contributed by atoms with van der Waals surface area (Å²) in [6.07, 6.45) is 3.71. The Hall–Kier alpha value is -0.0800. The molecule has 0 amide bonds. The molecule has 0 aliphatic carbocycles. The summed E-state index contributed by atoms with van der Waals surface area (Å²) in [7, 11) is 0. The van der Waals surface area contributed by atoms with Gasteiger partial charge < -0.3 is 10.4 Å². The lowest BCUT2D eigenvalue weighted by Gasteiger charge is -2.28. The number of hydrogen-bond acceptors (Lipinski definition) is 2. The molecule has 0 bridgehead atoms. The Balaban J connectivity index is 2.25. The van der Waals surface area contributed by atoms with Crippen molar-refractivity contribution < 1.29 is 5.11 Å². The van der Waals surface area contributed by atoms with Crippen LogP contribution >= 0.6 is 0 Å². The van der Waals surface area contributed by atoms with Crippen molar-refractivity contribution in [2.45, 2.75) is 32.2 Å². The van der Waals surface area contributed by atoms with Gasteiger partial charge in [-0.15, -0.1) is 0 Å². The van der Waals surface area contributed by atoms with Crippen LogP contribution in [0.4, 0.5) is 0 Å². The minimum absolute atomic E-state index is 0.302. The molecule has 0 aromatic rings. The van der Waals surface area contributed by atoms with Crippen LogP contribution in [0.3, 0.4) is 0 Å². The highest BCUT2D eigenvalue weighted by atomic mass is 16.3. The van der Waals surface area contributed by atoms with E-state index < -0.39 is 0 Å². The van der Waals surface area contributed by atoms with Crippen molar-refractivity contribution in [3.63, 3.8) is 0 Å². The summed E-state index contributed by atoms with van der Waals surface area (Å²) < 4.78 is 0. The van der Waals surface area contributed by atoms with Crippen LogP contribution in [0.2, 0.25) is 0 Å². The van der Waals surface area contributed by atoms with Gasteiger partial charge in [0.25, 0.3) is 0 Å². The van der Waals surface area contributed by atoms with Gasteiger partial charge in [0, 0.05) is 6.04 Å². The molecule has 0 radical (unpaired) electrons. The van der Waals surface area contributed by atoms with Gasteiger partial charge in [-0.2, -0.15) is 0 Å². The molecule has 60 valence electrons. The second-order valence-electron chi connectivity index (χ2n) is 3.13. The Kier molecular flexibility index (Phi) is 3.16. The van der Waals surface area contributed by atoms with Gasteiger partial charge in [0.2, 0.25) is 0 Å². The van der Waals surface area contributed by atoms with Crippen molar-refractivity contribution in [3.05, 3.63) is 0 Å². The molecular formula is C8H17NO. The van der Waals surface area contributed by atoms with Crippen molar-refractivity contribution in [2.75, 3.05) is 13.2 Å². The lowest BCUT2D eigenvalue weighted by molar-refractivity contribution is 0.190. The summed E-state index contributed by atoms with van der Waals surface area (Å²) in [5.74, 6) is 0.846. The Labute approximate surface area is 62.6 Å². The van der Waals surface area contributed by atoms with Crippen LogP contribution in [-0.4, -0.2) is 24.3 Å².